The van der Waals surface area contributed by atoms with Crippen molar-refractivity contribution >= 4 is 28.7 Å². The number of pyridine rings is 1. The van der Waals surface area contributed by atoms with E-state index in [0.717, 1.165) is 11.2 Å². The zero-order chi connectivity index (χ0) is 19.7. The van der Waals surface area contributed by atoms with Crippen LogP contribution >= 0.6 is 11.6 Å². The Morgan fingerprint density at radius 1 is 1.14 bits per heavy atom. The second kappa shape index (κ2) is 7.57. The van der Waals surface area contributed by atoms with E-state index in [2.05, 4.69) is 16.1 Å². The molecule has 0 saturated carbocycles. The van der Waals surface area contributed by atoms with Gasteiger partial charge in [0.2, 0.25) is 0 Å². The smallest absolute Gasteiger partial charge is 0.270 e. The van der Waals surface area contributed by atoms with Gasteiger partial charge in [0.15, 0.2) is 0 Å². The van der Waals surface area contributed by atoms with E-state index in [1.807, 2.05) is 28.9 Å². The van der Waals surface area contributed by atoms with E-state index in [9.17, 15) is 14.9 Å². The van der Waals surface area contributed by atoms with Crippen LogP contribution in [-0.2, 0) is 6.54 Å². The number of aromatic nitrogens is 2. The number of nitrogens with zero attached hydrogens (tertiary/aromatic N) is 5. The van der Waals surface area contributed by atoms with Crippen molar-refractivity contribution in [3.8, 4) is 0 Å². The van der Waals surface area contributed by atoms with E-state index in [0.29, 0.717) is 32.7 Å². The Bertz CT molecular complexity index is 1010. The maximum atomic E-state index is 12.8. The predicted octanol–water partition coefficient (Wildman–Crippen LogP) is 2.85. The zero-order valence-electron chi connectivity index (χ0n) is 15.0. The van der Waals surface area contributed by atoms with Crippen molar-refractivity contribution < 1.29 is 9.72 Å². The third-order valence-electron chi connectivity index (χ3n) is 4.86. The summed E-state index contributed by atoms with van der Waals surface area (Å²) in [6, 6.07) is 11.9. The number of piperazine rings is 1. The van der Waals surface area contributed by atoms with E-state index < -0.39 is 4.92 Å². The fourth-order valence-electron chi connectivity index (χ4n) is 3.37. The Labute approximate surface area is 166 Å². The van der Waals surface area contributed by atoms with Gasteiger partial charge in [0, 0.05) is 51.1 Å². The molecule has 0 unspecified atom stereocenters. The highest BCUT2D eigenvalue weighted by molar-refractivity contribution is 6.33. The van der Waals surface area contributed by atoms with Gasteiger partial charge in [-0.3, -0.25) is 19.8 Å². The van der Waals surface area contributed by atoms with E-state index in [1.54, 1.807) is 4.90 Å². The van der Waals surface area contributed by atoms with Gasteiger partial charge >= 0.3 is 0 Å². The van der Waals surface area contributed by atoms with E-state index >= 15 is 0 Å². The Kier molecular flexibility index (Phi) is 4.97. The molecule has 1 aromatic carbocycles. The van der Waals surface area contributed by atoms with E-state index in [4.69, 9.17) is 11.6 Å². The van der Waals surface area contributed by atoms with Gasteiger partial charge in [-0.15, -0.1) is 0 Å². The molecule has 3 aromatic rings. The van der Waals surface area contributed by atoms with Crippen molar-refractivity contribution in [3.63, 3.8) is 0 Å². The van der Waals surface area contributed by atoms with Gasteiger partial charge in [-0.05, 0) is 24.3 Å². The normalized spacial score (nSPS) is 15.1. The third kappa shape index (κ3) is 3.69. The Hall–Kier alpha value is -2.97. The molecule has 2 aromatic heterocycles. The lowest BCUT2D eigenvalue weighted by atomic mass is 10.1. The first-order valence-electron chi connectivity index (χ1n) is 8.90. The van der Waals surface area contributed by atoms with Crippen LogP contribution in [0, 0.1) is 10.1 Å². The van der Waals surface area contributed by atoms with Crippen LogP contribution in [0.1, 0.15) is 16.1 Å². The minimum Gasteiger partial charge on any atom is -0.336 e. The van der Waals surface area contributed by atoms with Crippen LogP contribution in [0.2, 0.25) is 5.02 Å². The first-order valence-corrected chi connectivity index (χ1v) is 9.28. The number of carbonyl (C=O) groups is 1. The summed E-state index contributed by atoms with van der Waals surface area (Å²) in [7, 11) is 0. The fourth-order valence-corrected chi connectivity index (χ4v) is 3.57. The molecule has 9 heteroatoms. The molecule has 0 radical (unpaired) electrons. The summed E-state index contributed by atoms with van der Waals surface area (Å²) in [5.41, 5.74) is 2.06. The number of hydrogen-bond acceptors (Lipinski definition) is 5. The lowest BCUT2D eigenvalue weighted by molar-refractivity contribution is -0.384. The second-order valence-electron chi connectivity index (χ2n) is 6.70. The Balaban J connectivity index is 1.40. The molecule has 3 heterocycles. The molecule has 144 valence electrons. The first kappa shape index (κ1) is 18.4. The van der Waals surface area contributed by atoms with Gasteiger partial charge in [0.05, 0.1) is 26.7 Å². The Morgan fingerprint density at radius 2 is 1.93 bits per heavy atom. The summed E-state index contributed by atoms with van der Waals surface area (Å²) in [5.74, 6) is -0.277. The molecule has 8 nitrogen and oxygen atoms in total. The SMILES string of the molecule is O=C(c1cc([N+](=O)[O-])ccc1Cl)N1CCN(Cc2cc3ccccn3n2)CC1. The summed E-state index contributed by atoms with van der Waals surface area (Å²) in [5, 5.41) is 15.8. The topological polar surface area (TPSA) is 84.0 Å². The van der Waals surface area contributed by atoms with Crippen molar-refractivity contribution in [2.75, 3.05) is 26.2 Å². The molecular formula is C19H18ClN5O3. The molecule has 28 heavy (non-hydrogen) atoms. The number of nitro groups is 1. The number of nitro benzene ring substituents is 1. The molecule has 0 aliphatic carbocycles. The molecule has 1 aliphatic heterocycles. The quantitative estimate of drug-likeness (QED) is 0.497. The van der Waals surface area contributed by atoms with E-state index in [-0.39, 0.29) is 22.2 Å². The highest BCUT2D eigenvalue weighted by Crippen LogP contribution is 2.24. The monoisotopic (exact) mass is 399 g/mol. The number of amides is 1. The average molecular weight is 400 g/mol. The van der Waals surface area contributed by atoms with Gasteiger partial charge in [-0.25, -0.2) is 4.52 Å². The highest BCUT2D eigenvalue weighted by Gasteiger charge is 2.25. The van der Waals surface area contributed by atoms with Gasteiger partial charge in [0.25, 0.3) is 11.6 Å². The Morgan fingerprint density at radius 3 is 2.64 bits per heavy atom. The van der Waals surface area contributed by atoms with Crippen molar-refractivity contribution in [2.24, 2.45) is 0 Å². The number of fused-ring (bicyclic) bond motifs is 1. The summed E-state index contributed by atoms with van der Waals surface area (Å²) in [4.78, 5) is 27.1. The number of halogens is 1. The number of carbonyl (C=O) groups excluding carboxylic acids is 1. The molecule has 1 aliphatic rings. The summed E-state index contributed by atoms with van der Waals surface area (Å²) in [6.45, 7) is 3.18. The van der Waals surface area contributed by atoms with E-state index in [1.165, 1.54) is 18.2 Å². The van der Waals surface area contributed by atoms with Crippen molar-refractivity contribution in [1.82, 2.24) is 19.4 Å². The molecule has 1 saturated heterocycles. The molecule has 1 amide bonds. The van der Waals surface area contributed by atoms with Crippen molar-refractivity contribution in [2.45, 2.75) is 6.54 Å². The maximum absolute atomic E-state index is 12.8. The minimum atomic E-state index is -0.528. The minimum absolute atomic E-state index is 0.141. The summed E-state index contributed by atoms with van der Waals surface area (Å²) >= 11 is 6.10. The largest absolute Gasteiger partial charge is 0.336 e. The average Bonchev–Trinajstić information content (AvgIpc) is 3.10. The molecule has 0 bridgehead atoms. The number of hydrogen-bond donors (Lipinski definition) is 0. The molecular weight excluding hydrogens is 382 g/mol. The van der Waals surface area contributed by atoms with Crippen LogP contribution < -0.4 is 0 Å². The second-order valence-corrected chi connectivity index (χ2v) is 7.10. The summed E-state index contributed by atoms with van der Waals surface area (Å²) in [6.07, 6.45) is 1.91. The standard InChI is InChI=1S/C19H18ClN5O3/c20-18-5-4-16(25(27)28)12-17(18)19(26)23-9-7-22(8-10-23)13-14-11-15-3-1-2-6-24(15)21-14/h1-6,11-12H,7-10,13H2. The predicted molar refractivity (Wildman–Crippen MR) is 104 cm³/mol. The molecule has 0 N–H and O–H groups in total. The summed E-state index contributed by atoms with van der Waals surface area (Å²) < 4.78 is 1.85. The maximum Gasteiger partial charge on any atom is 0.270 e. The lowest BCUT2D eigenvalue weighted by Gasteiger charge is -2.34. The van der Waals surface area contributed by atoms with Crippen LogP contribution in [0.25, 0.3) is 5.52 Å². The van der Waals surface area contributed by atoms with Gasteiger partial charge in [-0.2, -0.15) is 5.10 Å². The zero-order valence-corrected chi connectivity index (χ0v) is 15.7. The van der Waals surface area contributed by atoms with Crippen LogP contribution in [0.4, 0.5) is 5.69 Å². The van der Waals surface area contributed by atoms with Gasteiger partial charge in [0.1, 0.15) is 0 Å². The van der Waals surface area contributed by atoms with Crippen molar-refractivity contribution in [3.05, 3.63) is 75.1 Å². The molecule has 0 atom stereocenters. The number of non-ortho nitro benzene ring substituents is 1. The third-order valence-corrected chi connectivity index (χ3v) is 5.19. The van der Waals surface area contributed by atoms with Gasteiger partial charge < -0.3 is 4.90 Å². The van der Waals surface area contributed by atoms with Gasteiger partial charge in [-0.1, -0.05) is 17.7 Å². The van der Waals surface area contributed by atoms with Crippen LogP contribution in [0.5, 0.6) is 0 Å². The lowest BCUT2D eigenvalue weighted by Crippen LogP contribution is -2.48. The first-order chi connectivity index (χ1) is 13.5. The highest BCUT2D eigenvalue weighted by atomic mass is 35.5. The fraction of sp³-hybridized carbons (Fsp3) is 0.263. The molecule has 4 rings (SSSR count). The number of rotatable bonds is 4. The van der Waals surface area contributed by atoms with Crippen LogP contribution in [-0.4, -0.2) is 56.4 Å². The molecule has 0 spiro atoms. The van der Waals surface area contributed by atoms with Crippen molar-refractivity contribution in [1.29, 1.82) is 0 Å². The molecule has 1 fully saturated rings. The number of benzene rings is 1. The van der Waals surface area contributed by atoms with Crippen LogP contribution in [0.3, 0.4) is 0 Å². The van der Waals surface area contributed by atoms with Crippen LogP contribution in [0.15, 0.2) is 48.7 Å².